The molecule has 2 saturated heterocycles. The van der Waals surface area contributed by atoms with Gasteiger partial charge in [-0.2, -0.15) is 0 Å². The molecule has 0 spiro atoms. The van der Waals surface area contributed by atoms with Crippen molar-refractivity contribution in [1.82, 2.24) is 0 Å². The molecule has 0 aromatic carbocycles. The summed E-state index contributed by atoms with van der Waals surface area (Å²) in [6.07, 6.45) is 12.7. The lowest BCUT2D eigenvalue weighted by molar-refractivity contribution is -0.162. The van der Waals surface area contributed by atoms with Crippen molar-refractivity contribution < 1.29 is 19.3 Å². The zero-order valence-electron chi connectivity index (χ0n) is 12.6. The molecular weight excluding hydrogens is 256 g/mol. The van der Waals surface area contributed by atoms with Gasteiger partial charge in [-0.05, 0) is 32.1 Å². The number of rotatable bonds is 11. The Bertz CT molecular complexity index is 241. The van der Waals surface area contributed by atoms with E-state index in [1.807, 2.05) is 0 Å². The highest BCUT2D eigenvalue weighted by atomic mass is 16.7. The number of epoxide rings is 1. The van der Waals surface area contributed by atoms with E-state index < -0.39 is 0 Å². The molecule has 0 amide bonds. The first-order valence-electron chi connectivity index (χ1n) is 8.39. The highest BCUT2D eigenvalue weighted by Gasteiger charge is 2.36. The van der Waals surface area contributed by atoms with Crippen LogP contribution >= 0.6 is 0 Å². The fourth-order valence-electron chi connectivity index (χ4n) is 2.81. The molecule has 2 heterocycles. The molecule has 3 atom stereocenters. The average molecular weight is 286 g/mol. The number of aliphatic hydroxyl groups is 1. The van der Waals surface area contributed by atoms with E-state index in [1.165, 1.54) is 44.9 Å². The van der Waals surface area contributed by atoms with Crippen molar-refractivity contribution in [1.29, 1.82) is 0 Å². The first kappa shape index (κ1) is 16.2. The van der Waals surface area contributed by atoms with Crippen LogP contribution in [0.5, 0.6) is 0 Å². The molecule has 4 heteroatoms. The smallest absolute Gasteiger partial charge is 0.157 e. The Morgan fingerprint density at radius 1 is 0.950 bits per heavy atom. The van der Waals surface area contributed by atoms with E-state index in [2.05, 4.69) is 0 Å². The summed E-state index contributed by atoms with van der Waals surface area (Å²) in [7, 11) is 0. The zero-order chi connectivity index (χ0) is 14.0. The highest BCUT2D eigenvalue weighted by Crippen LogP contribution is 2.26. The third-order valence-electron chi connectivity index (χ3n) is 4.19. The molecule has 1 unspecified atom stereocenters. The van der Waals surface area contributed by atoms with Crippen molar-refractivity contribution in [2.45, 2.75) is 82.7 Å². The number of hydrogen-bond donors (Lipinski definition) is 1. The average Bonchev–Trinajstić information content (AvgIpc) is 3.25. The highest BCUT2D eigenvalue weighted by molar-refractivity contribution is 4.83. The number of hydrogen-bond acceptors (Lipinski definition) is 4. The van der Waals surface area contributed by atoms with Gasteiger partial charge in [0.15, 0.2) is 6.29 Å². The minimum absolute atomic E-state index is 0.0711. The quantitative estimate of drug-likeness (QED) is 0.468. The van der Waals surface area contributed by atoms with Gasteiger partial charge in [-0.3, -0.25) is 0 Å². The summed E-state index contributed by atoms with van der Waals surface area (Å²) in [5, 5.41) is 8.85. The Hall–Kier alpha value is -0.160. The maximum atomic E-state index is 8.85. The van der Waals surface area contributed by atoms with Gasteiger partial charge >= 0.3 is 0 Å². The second-order valence-corrected chi connectivity index (χ2v) is 5.97. The van der Waals surface area contributed by atoms with Crippen LogP contribution in [0.4, 0.5) is 0 Å². The van der Waals surface area contributed by atoms with Crippen LogP contribution in [0.25, 0.3) is 0 Å². The van der Waals surface area contributed by atoms with Crippen molar-refractivity contribution in [2.24, 2.45) is 0 Å². The summed E-state index contributed by atoms with van der Waals surface area (Å²) in [5.41, 5.74) is 0. The van der Waals surface area contributed by atoms with Gasteiger partial charge in [0.1, 0.15) is 6.10 Å². The van der Waals surface area contributed by atoms with E-state index in [-0.39, 0.29) is 19.0 Å². The van der Waals surface area contributed by atoms with Gasteiger partial charge in [-0.1, -0.05) is 32.1 Å². The van der Waals surface area contributed by atoms with Gasteiger partial charge in [-0.25, -0.2) is 0 Å². The molecule has 0 aliphatic carbocycles. The Morgan fingerprint density at radius 2 is 1.75 bits per heavy atom. The van der Waals surface area contributed by atoms with Crippen LogP contribution in [0.3, 0.4) is 0 Å². The van der Waals surface area contributed by atoms with Crippen LogP contribution < -0.4 is 0 Å². The molecule has 0 saturated carbocycles. The molecule has 2 fully saturated rings. The minimum atomic E-state index is 0.0711. The SMILES string of the molecule is OC[C@@H]1O[C@H]1CCCCCCCCOC1CCCCO1. The van der Waals surface area contributed by atoms with Crippen LogP contribution in [0.1, 0.15) is 64.2 Å². The maximum Gasteiger partial charge on any atom is 0.157 e. The third kappa shape index (κ3) is 6.53. The zero-order valence-corrected chi connectivity index (χ0v) is 12.6. The van der Waals surface area contributed by atoms with E-state index >= 15 is 0 Å². The van der Waals surface area contributed by atoms with Crippen LogP contribution in [-0.2, 0) is 14.2 Å². The summed E-state index contributed by atoms with van der Waals surface area (Å²) in [5.74, 6) is 0. The van der Waals surface area contributed by atoms with E-state index in [1.54, 1.807) is 0 Å². The molecule has 2 aliphatic rings. The number of unbranched alkanes of at least 4 members (excludes halogenated alkanes) is 5. The third-order valence-corrected chi connectivity index (χ3v) is 4.19. The largest absolute Gasteiger partial charge is 0.394 e. The summed E-state index contributed by atoms with van der Waals surface area (Å²) in [6.45, 7) is 1.90. The summed E-state index contributed by atoms with van der Waals surface area (Å²) in [4.78, 5) is 0. The lowest BCUT2D eigenvalue weighted by atomic mass is 10.1. The fraction of sp³-hybridized carbons (Fsp3) is 1.00. The second kappa shape index (κ2) is 9.72. The second-order valence-electron chi connectivity index (χ2n) is 5.97. The van der Waals surface area contributed by atoms with Crippen molar-refractivity contribution in [2.75, 3.05) is 19.8 Å². The van der Waals surface area contributed by atoms with Crippen molar-refractivity contribution in [3.63, 3.8) is 0 Å². The standard InChI is InChI=1S/C16H30O4/c17-13-15-14(20-15)9-5-3-1-2-4-7-11-18-16-10-6-8-12-19-16/h14-17H,1-13H2/t14-,15-,16?/m0/s1. The molecule has 0 aromatic heterocycles. The van der Waals surface area contributed by atoms with E-state index in [4.69, 9.17) is 19.3 Å². The number of ether oxygens (including phenoxy) is 3. The molecule has 0 aromatic rings. The van der Waals surface area contributed by atoms with Crippen molar-refractivity contribution in [3.05, 3.63) is 0 Å². The Morgan fingerprint density at radius 3 is 2.45 bits per heavy atom. The molecule has 118 valence electrons. The molecule has 0 bridgehead atoms. The van der Waals surface area contributed by atoms with Crippen LogP contribution in [0.15, 0.2) is 0 Å². The Labute approximate surface area is 122 Å². The lowest BCUT2D eigenvalue weighted by Crippen LogP contribution is -2.22. The van der Waals surface area contributed by atoms with Gasteiger partial charge in [0.25, 0.3) is 0 Å². The molecular formula is C16H30O4. The van der Waals surface area contributed by atoms with Crippen LogP contribution in [-0.4, -0.2) is 43.4 Å². The topological polar surface area (TPSA) is 51.2 Å². The Balaban J connectivity index is 1.28. The first-order chi connectivity index (χ1) is 9.90. The predicted molar refractivity (Wildman–Crippen MR) is 77.6 cm³/mol. The summed E-state index contributed by atoms with van der Waals surface area (Å²) < 4.78 is 16.5. The van der Waals surface area contributed by atoms with Crippen LogP contribution in [0, 0.1) is 0 Å². The fourth-order valence-corrected chi connectivity index (χ4v) is 2.81. The van der Waals surface area contributed by atoms with E-state index in [0.29, 0.717) is 6.10 Å². The minimum Gasteiger partial charge on any atom is -0.394 e. The summed E-state index contributed by atoms with van der Waals surface area (Å²) >= 11 is 0. The first-order valence-corrected chi connectivity index (χ1v) is 8.39. The van der Waals surface area contributed by atoms with Gasteiger partial charge in [0.2, 0.25) is 0 Å². The van der Waals surface area contributed by atoms with Gasteiger partial charge in [-0.15, -0.1) is 0 Å². The molecule has 0 radical (unpaired) electrons. The van der Waals surface area contributed by atoms with Gasteiger partial charge in [0, 0.05) is 13.2 Å². The number of aliphatic hydroxyl groups excluding tert-OH is 1. The monoisotopic (exact) mass is 286 g/mol. The normalized spacial score (nSPS) is 29.6. The lowest BCUT2D eigenvalue weighted by Gasteiger charge is -2.22. The van der Waals surface area contributed by atoms with Gasteiger partial charge in [0.05, 0.1) is 12.7 Å². The molecule has 1 N–H and O–H groups in total. The maximum absolute atomic E-state index is 8.85. The molecule has 2 aliphatic heterocycles. The van der Waals surface area contributed by atoms with Gasteiger partial charge < -0.3 is 19.3 Å². The van der Waals surface area contributed by atoms with Crippen LogP contribution in [0.2, 0.25) is 0 Å². The molecule has 20 heavy (non-hydrogen) atoms. The predicted octanol–water partition coefficient (Wildman–Crippen LogP) is 3.02. The van der Waals surface area contributed by atoms with E-state index in [0.717, 1.165) is 32.5 Å². The van der Waals surface area contributed by atoms with E-state index in [9.17, 15) is 0 Å². The van der Waals surface area contributed by atoms with Crippen molar-refractivity contribution in [3.8, 4) is 0 Å². The van der Waals surface area contributed by atoms with Crippen molar-refractivity contribution >= 4 is 0 Å². The molecule has 2 rings (SSSR count). The summed E-state index contributed by atoms with van der Waals surface area (Å²) in [6, 6.07) is 0. The Kier molecular flexibility index (Phi) is 7.88. The molecule has 4 nitrogen and oxygen atoms in total.